The van der Waals surface area contributed by atoms with E-state index in [2.05, 4.69) is 10.0 Å². The van der Waals surface area contributed by atoms with E-state index in [0.717, 1.165) is 25.9 Å². The minimum Gasteiger partial charge on any atom is -0.493 e. The smallest absolute Gasteiger partial charge is 0.282 e. The highest BCUT2D eigenvalue weighted by Crippen LogP contribution is 2.37. The lowest BCUT2D eigenvalue weighted by Crippen LogP contribution is -2.28. The molecule has 0 spiro atoms. The van der Waals surface area contributed by atoms with Gasteiger partial charge in [-0.25, -0.2) is 4.98 Å². The van der Waals surface area contributed by atoms with Gasteiger partial charge < -0.3 is 14.2 Å². The molecular weight excluding hydrogens is 396 g/mol. The van der Waals surface area contributed by atoms with Gasteiger partial charge in [0.1, 0.15) is 5.82 Å². The Morgan fingerprint density at radius 2 is 1.71 bits per heavy atom. The van der Waals surface area contributed by atoms with Gasteiger partial charge in [-0.1, -0.05) is 12.1 Å². The first-order valence-electron chi connectivity index (χ1n) is 10.2. The molecule has 8 heteroatoms. The topological polar surface area (TPSA) is 78.2 Å². The van der Waals surface area contributed by atoms with Crippen molar-refractivity contribution < 1.29 is 14.2 Å². The number of nitrogens with zero attached hydrogens (tertiary/aromatic N) is 4. The van der Waals surface area contributed by atoms with Gasteiger partial charge >= 0.3 is 0 Å². The Balaban J connectivity index is 1.79. The van der Waals surface area contributed by atoms with E-state index >= 15 is 0 Å². The van der Waals surface area contributed by atoms with E-state index < -0.39 is 0 Å². The van der Waals surface area contributed by atoms with Crippen molar-refractivity contribution in [3.05, 3.63) is 58.1 Å². The summed E-state index contributed by atoms with van der Waals surface area (Å²) in [4.78, 5) is 20.3. The molecule has 0 atom stereocenters. The van der Waals surface area contributed by atoms with Gasteiger partial charge in [-0.05, 0) is 50.2 Å². The van der Waals surface area contributed by atoms with Crippen molar-refractivity contribution in [1.29, 1.82) is 0 Å². The van der Waals surface area contributed by atoms with Crippen LogP contribution in [0.2, 0.25) is 0 Å². The molecule has 2 heterocycles. The van der Waals surface area contributed by atoms with Crippen LogP contribution in [0.25, 0.3) is 10.9 Å². The van der Waals surface area contributed by atoms with Crippen LogP contribution in [0.3, 0.4) is 0 Å². The second-order valence-electron chi connectivity index (χ2n) is 7.35. The maximum absolute atomic E-state index is 13.2. The molecule has 1 aliphatic heterocycles. The molecular formula is C23H26N4O4. The van der Waals surface area contributed by atoms with Crippen molar-refractivity contribution in [2.75, 3.05) is 34.4 Å². The minimum atomic E-state index is -0.191. The molecule has 0 amide bonds. The quantitative estimate of drug-likeness (QED) is 0.545. The number of rotatable bonds is 7. The minimum absolute atomic E-state index is 0.191. The molecule has 0 bridgehead atoms. The summed E-state index contributed by atoms with van der Waals surface area (Å²) in [5, 5.41) is 5.05. The summed E-state index contributed by atoms with van der Waals surface area (Å²) in [6.07, 6.45) is 3.93. The number of para-hydroxylation sites is 1. The average molecular weight is 422 g/mol. The third kappa shape index (κ3) is 4.25. The van der Waals surface area contributed by atoms with Gasteiger partial charge in [0.2, 0.25) is 5.75 Å². The van der Waals surface area contributed by atoms with Crippen molar-refractivity contribution in [3.8, 4) is 17.2 Å². The van der Waals surface area contributed by atoms with E-state index in [4.69, 9.17) is 19.2 Å². The van der Waals surface area contributed by atoms with Crippen molar-refractivity contribution in [1.82, 2.24) is 14.6 Å². The number of ether oxygens (including phenoxy) is 3. The summed E-state index contributed by atoms with van der Waals surface area (Å²) < 4.78 is 17.6. The molecule has 0 unspecified atom stereocenters. The fourth-order valence-electron chi connectivity index (χ4n) is 3.83. The highest BCUT2D eigenvalue weighted by atomic mass is 16.5. The Bertz CT molecular complexity index is 1140. The first-order chi connectivity index (χ1) is 15.1. The summed E-state index contributed by atoms with van der Waals surface area (Å²) in [5.74, 6) is 2.16. The van der Waals surface area contributed by atoms with Crippen molar-refractivity contribution in [2.45, 2.75) is 19.4 Å². The Hall–Kier alpha value is -3.39. The lowest BCUT2D eigenvalue weighted by molar-refractivity contribution is 0.316. The SMILES string of the molecule is COc1cc(/C=N/n2c(CN3CCCC3)nc3ccccc3c2=O)cc(OC)c1OC. The fourth-order valence-corrected chi connectivity index (χ4v) is 3.83. The third-order valence-electron chi connectivity index (χ3n) is 5.39. The van der Waals surface area contributed by atoms with Crippen LogP contribution in [0.1, 0.15) is 24.2 Å². The molecule has 1 fully saturated rings. The van der Waals surface area contributed by atoms with Crippen LogP contribution in [0.5, 0.6) is 17.2 Å². The second kappa shape index (κ2) is 9.18. The van der Waals surface area contributed by atoms with Gasteiger partial charge in [0.15, 0.2) is 11.5 Å². The maximum Gasteiger partial charge on any atom is 0.282 e. The largest absolute Gasteiger partial charge is 0.493 e. The standard InChI is InChI=1S/C23H26N4O4/c1-29-19-12-16(13-20(30-2)22(19)31-3)14-24-27-21(15-26-10-6-7-11-26)25-18-9-5-4-8-17(18)23(27)28/h4-5,8-9,12-14H,6-7,10-11,15H2,1-3H3/b24-14+. The Morgan fingerprint density at radius 1 is 1.03 bits per heavy atom. The van der Waals surface area contributed by atoms with Crippen molar-refractivity contribution in [2.24, 2.45) is 5.10 Å². The molecule has 3 aromatic rings. The van der Waals surface area contributed by atoms with Gasteiger partial charge in [0.05, 0.1) is 45.0 Å². The maximum atomic E-state index is 13.2. The van der Waals surface area contributed by atoms with Crippen LogP contribution < -0.4 is 19.8 Å². The third-order valence-corrected chi connectivity index (χ3v) is 5.39. The normalized spacial score (nSPS) is 14.4. The van der Waals surface area contributed by atoms with Crippen LogP contribution in [-0.4, -0.2) is 55.2 Å². The highest BCUT2D eigenvalue weighted by Gasteiger charge is 2.17. The lowest BCUT2D eigenvalue weighted by atomic mass is 10.2. The molecule has 4 rings (SSSR count). The molecule has 0 radical (unpaired) electrons. The number of fused-ring (bicyclic) bond motifs is 1. The second-order valence-corrected chi connectivity index (χ2v) is 7.35. The summed E-state index contributed by atoms with van der Waals surface area (Å²) in [7, 11) is 4.67. The Kier molecular flexibility index (Phi) is 6.18. The molecule has 1 aromatic heterocycles. The molecule has 31 heavy (non-hydrogen) atoms. The molecule has 1 saturated heterocycles. The van der Waals surface area contributed by atoms with E-state index in [1.807, 2.05) is 18.2 Å². The molecule has 2 aromatic carbocycles. The van der Waals surface area contributed by atoms with E-state index in [1.165, 1.54) is 4.68 Å². The molecule has 0 aliphatic carbocycles. The van der Waals surface area contributed by atoms with E-state index in [-0.39, 0.29) is 5.56 Å². The zero-order chi connectivity index (χ0) is 21.8. The molecule has 8 nitrogen and oxygen atoms in total. The predicted octanol–water partition coefficient (Wildman–Crippen LogP) is 2.90. The van der Waals surface area contributed by atoms with Crippen LogP contribution in [0.15, 0.2) is 46.3 Å². The number of aromatic nitrogens is 2. The predicted molar refractivity (Wildman–Crippen MR) is 120 cm³/mol. The summed E-state index contributed by atoms with van der Waals surface area (Å²) >= 11 is 0. The van der Waals surface area contributed by atoms with E-state index in [0.29, 0.717) is 46.1 Å². The van der Waals surface area contributed by atoms with Crippen LogP contribution in [0, 0.1) is 0 Å². The molecule has 0 saturated carbocycles. The molecule has 162 valence electrons. The van der Waals surface area contributed by atoms with Crippen molar-refractivity contribution >= 4 is 17.1 Å². The molecule has 0 N–H and O–H groups in total. The van der Waals surface area contributed by atoms with Gasteiger partial charge in [-0.15, -0.1) is 0 Å². The number of benzene rings is 2. The van der Waals surface area contributed by atoms with Crippen LogP contribution >= 0.6 is 0 Å². The first-order valence-corrected chi connectivity index (χ1v) is 10.2. The number of hydrogen-bond acceptors (Lipinski definition) is 7. The van der Waals surface area contributed by atoms with Gasteiger partial charge in [-0.3, -0.25) is 9.69 Å². The first kappa shape index (κ1) is 20.9. The molecule has 1 aliphatic rings. The van der Waals surface area contributed by atoms with Gasteiger partial charge in [0.25, 0.3) is 5.56 Å². The summed E-state index contributed by atoms with van der Waals surface area (Å²) in [6.45, 7) is 2.57. The fraction of sp³-hybridized carbons (Fsp3) is 0.348. The average Bonchev–Trinajstić information content (AvgIpc) is 3.31. The summed E-state index contributed by atoms with van der Waals surface area (Å²) in [5.41, 5.74) is 1.20. The monoisotopic (exact) mass is 422 g/mol. The zero-order valence-corrected chi connectivity index (χ0v) is 18.0. The van der Waals surface area contributed by atoms with E-state index in [9.17, 15) is 4.79 Å². The summed E-state index contributed by atoms with van der Waals surface area (Å²) in [6, 6.07) is 10.9. The Labute approximate surface area is 180 Å². The Morgan fingerprint density at radius 3 is 2.35 bits per heavy atom. The van der Waals surface area contributed by atoms with Crippen LogP contribution in [-0.2, 0) is 6.54 Å². The zero-order valence-electron chi connectivity index (χ0n) is 18.0. The van der Waals surface area contributed by atoms with Crippen LogP contribution in [0.4, 0.5) is 0 Å². The lowest BCUT2D eigenvalue weighted by Gasteiger charge is -2.16. The number of likely N-dealkylation sites (tertiary alicyclic amines) is 1. The van der Waals surface area contributed by atoms with Gasteiger partial charge in [0, 0.05) is 5.56 Å². The highest BCUT2D eigenvalue weighted by molar-refractivity contribution is 5.83. The van der Waals surface area contributed by atoms with Gasteiger partial charge in [-0.2, -0.15) is 9.78 Å². The number of hydrogen-bond donors (Lipinski definition) is 0. The number of methoxy groups -OCH3 is 3. The van der Waals surface area contributed by atoms with E-state index in [1.54, 1.807) is 45.7 Å². The van der Waals surface area contributed by atoms with Crippen molar-refractivity contribution in [3.63, 3.8) is 0 Å².